The van der Waals surface area contributed by atoms with Crippen LogP contribution in [0.25, 0.3) is 0 Å². The fraction of sp³-hybridized carbons (Fsp3) is 0.0909. The van der Waals surface area contributed by atoms with Gasteiger partial charge in [-0.3, -0.25) is 10.1 Å². The van der Waals surface area contributed by atoms with E-state index in [-0.39, 0.29) is 16.4 Å². The zero-order valence-corrected chi connectivity index (χ0v) is 12.5. The number of thiophene rings is 1. The van der Waals surface area contributed by atoms with Crippen LogP contribution in [-0.2, 0) is 6.54 Å². The Kier molecular flexibility index (Phi) is 4.38. The van der Waals surface area contributed by atoms with Gasteiger partial charge in [-0.25, -0.2) is 4.39 Å². The number of anilines is 1. The molecule has 2 aromatic rings. The summed E-state index contributed by atoms with van der Waals surface area (Å²) in [6.45, 7) is 0.373. The molecule has 0 bridgehead atoms. The highest BCUT2D eigenvalue weighted by Gasteiger charge is 2.17. The third-order valence-corrected chi connectivity index (χ3v) is 4.23. The molecule has 0 spiro atoms. The van der Waals surface area contributed by atoms with E-state index in [0.717, 1.165) is 20.8 Å². The van der Waals surface area contributed by atoms with Gasteiger partial charge in [0.15, 0.2) is 0 Å². The lowest BCUT2D eigenvalue weighted by molar-refractivity contribution is -0.384. The fourth-order valence-electron chi connectivity index (χ4n) is 1.46. The van der Waals surface area contributed by atoms with Gasteiger partial charge >= 0.3 is 0 Å². The maximum Gasteiger partial charge on any atom is 0.294 e. The van der Waals surface area contributed by atoms with E-state index in [1.165, 1.54) is 11.3 Å². The summed E-state index contributed by atoms with van der Waals surface area (Å²) in [5.74, 6) is -0.692. The van der Waals surface area contributed by atoms with E-state index in [1.807, 2.05) is 12.1 Å². The first kappa shape index (κ1) is 14.2. The Morgan fingerprint density at radius 1 is 1.47 bits per heavy atom. The minimum atomic E-state index is -0.692. The van der Waals surface area contributed by atoms with Gasteiger partial charge in [0.05, 0.1) is 13.7 Å². The average molecular weight is 366 g/mol. The number of nitrogens with one attached hydrogen (secondary N) is 1. The Bertz CT molecular complexity index is 635. The first-order valence-corrected chi connectivity index (χ1v) is 7.07. The van der Waals surface area contributed by atoms with E-state index in [2.05, 4.69) is 21.2 Å². The van der Waals surface area contributed by atoms with Gasteiger partial charge in [0.25, 0.3) is 5.69 Å². The summed E-state index contributed by atoms with van der Waals surface area (Å²) in [4.78, 5) is 11.3. The zero-order chi connectivity index (χ0) is 14.0. The molecule has 2 rings (SSSR count). The molecule has 0 aliphatic rings. The molecule has 19 heavy (non-hydrogen) atoms. The summed E-state index contributed by atoms with van der Waals surface area (Å²) in [5.41, 5.74) is -0.140. The summed E-state index contributed by atoms with van der Waals surface area (Å²) in [6.07, 6.45) is 0. The highest BCUT2D eigenvalue weighted by Crippen LogP contribution is 2.31. The first-order chi connectivity index (χ1) is 8.97. The Hall–Kier alpha value is -1.18. The third-order valence-electron chi connectivity index (χ3n) is 2.32. The van der Waals surface area contributed by atoms with Crippen molar-refractivity contribution in [2.75, 3.05) is 5.32 Å². The molecule has 0 unspecified atom stereocenters. The van der Waals surface area contributed by atoms with Gasteiger partial charge in [-0.1, -0.05) is 11.6 Å². The minimum absolute atomic E-state index is 0.108. The van der Waals surface area contributed by atoms with Crippen molar-refractivity contribution in [1.82, 2.24) is 0 Å². The standard InChI is InChI=1S/C11H7BrClFN2O2S/c12-11-2-1-6(19-11)5-15-9-4-8(14)7(13)3-10(9)16(17)18/h1-4,15H,5H2. The quantitative estimate of drug-likeness (QED) is 0.624. The van der Waals surface area contributed by atoms with Crippen molar-refractivity contribution in [1.29, 1.82) is 0 Å². The Labute approximate surface area is 125 Å². The highest BCUT2D eigenvalue weighted by atomic mass is 79.9. The molecular weight excluding hydrogens is 359 g/mol. The van der Waals surface area contributed by atoms with Crippen LogP contribution in [-0.4, -0.2) is 4.92 Å². The van der Waals surface area contributed by atoms with Gasteiger partial charge in [-0.15, -0.1) is 11.3 Å². The van der Waals surface area contributed by atoms with Crippen LogP contribution < -0.4 is 5.32 Å². The summed E-state index contributed by atoms with van der Waals surface area (Å²) in [6, 6.07) is 5.78. The van der Waals surface area contributed by atoms with Gasteiger partial charge in [0, 0.05) is 23.6 Å². The number of hydrogen-bond donors (Lipinski definition) is 1. The Balaban J connectivity index is 2.23. The number of rotatable bonds is 4. The number of hydrogen-bond acceptors (Lipinski definition) is 4. The van der Waals surface area contributed by atoms with E-state index in [0.29, 0.717) is 6.54 Å². The lowest BCUT2D eigenvalue weighted by Crippen LogP contribution is -2.02. The van der Waals surface area contributed by atoms with Crippen molar-refractivity contribution in [3.63, 3.8) is 0 Å². The normalized spacial score (nSPS) is 10.5. The molecule has 0 aliphatic heterocycles. The predicted octanol–water partition coefficient (Wildman–Crippen LogP) is 4.82. The van der Waals surface area contributed by atoms with Crippen LogP contribution in [0.5, 0.6) is 0 Å². The number of nitro groups is 1. The van der Waals surface area contributed by atoms with E-state index in [1.54, 1.807) is 0 Å². The lowest BCUT2D eigenvalue weighted by atomic mass is 10.2. The van der Waals surface area contributed by atoms with E-state index in [4.69, 9.17) is 11.6 Å². The second kappa shape index (κ2) is 5.85. The molecular formula is C11H7BrClFN2O2S. The van der Waals surface area contributed by atoms with Crippen LogP contribution in [0, 0.1) is 15.9 Å². The lowest BCUT2D eigenvalue weighted by Gasteiger charge is -2.06. The first-order valence-electron chi connectivity index (χ1n) is 5.09. The summed E-state index contributed by atoms with van der Waals surface area (Å²) >= 11 is 10.4. The number of halogens is 3. The van der Waals surface area contributed by atoms with Crippen LogP contribution in [0.15, 0.2) is 28.1 Å². The maximum absolute atomic E-state index is 13.4. The Morgan fingerprint density at radius 3 is 2.79 bits per heavy atom. The molecule has 4 nitrogen and oxygen atoms in total. The van der Waals surface area contributed by atoms with E-state index >= 15 is 0 Å². The van der Waals surface area contributed by atoms with Crippen molar-refractivity contribution in [3.05, 3.63) is 53.9 Å². The summed E-state index contributed by atoms with van der Waals surface area (Å²) in [5, 5.41) is 13.5. The molecule has 0 radical (unpaired) electrons. The fourth-order valence-corrected chi connectivity index (χ4v) is 3.04. The van der Waals surface area contributed by atoms with Gasteiger partial charge in [-0.05, 0) is 28.1 Å². The predicted molar refractivity (Wildman–Crippen MR) is 77.4 cm³/mol. The average Bonchev–Trinajstić information content (AvgIpc) is 2.76. The number of benzene rings is 1. The smallest absolute Gasteiger partial charge is 0.294 e. The maximum atomic E-state index is 13.4. The third kappa shape index (κ3) is 3.43. The monoisotopic (exact) mass is 364 g/mol. The minimum Gasteiger partial charge on any atom is -0.375 e. The van der Waals surface area contributed by atoms with E-state index < -0.39 is 10.7 Å². The SMILES string of the molecule is O=[N+]([O-])c1cc(Cl)c(F)cc1NCc1ccc(Br)s1. The van der Waals surface area contributed by atoms with Gasteiger partial charge in [0.1, 0.15) is 11.5 Å². The molecule has 0 amide bonds. The molecule has 0 aliphatic carbocycles. The molecule has 0 saturated heterocycles. The summed E-state index contributed by atoms with van der Waals surface area (Å²) < 4.78 is 14.3. The van der Waals surface area contributed by atoms with Crippen molar-refractivity contribution in [3.8, 4) is 0 Å². The molecule has 8 heteroatoms. The largest absolute Gasteiger partial charge is 0.375 e. The van der Waals surface area contributed by atoms with Crippen molar-refractivity contribution in [2.45, 2.75) is 6.54 Å². The zero-order valence-electron chi connectivity index (χ0n) is 9.32. The van der Waals surface area contributed by atoms with Crippen LogP contribution in [0.1, 0.15) is 4.88 Å². The second-order valence-electron chi connectivity index (χ2n) is 3.60. The van der Waals surface area contributed by atoms with Gasteiger partial charge < -0.3 is 5.32 Å². The van der Waals surface area contributed by atoms with Gasteiger partial charge in [-0.2, -0.15) is 0 Å². The second-order valence-corrected chi connectivity index (χ2v) is 6.55. The topological polar surface area (TPSA) is 55.2 Å². The number of nitro benzene ring substituents is 1. The van der Waals surface area contributed by atoms with Gasteiger partial charge in [0.2, 0.25) is 0 Å². The molecule has 0 saturated carbocycles. The van der Waals surface area contributed by atoms with Crippen LogP contribution >= 0.6 is 38.9 Å². The van der Waals surface area contributed by atoms with E-state index in [9.17, 15) is 14.5 Å². The Morgan fingerprint density at radius 2 is 2.21 bits per heavy atom. The summed E-state index contributed by atoms with van der Waals surface area (Å²) in [7, 11) is 0. The molecule has 1 aromatic carbocycles. The molecule has 0 atom stereocenters. The van der Waals surface area contributed by atoms with Crippen LogP contribution in [0.3, 0.4) is 0 Å². The molecule has 100 valence electrons. The van der Waals surface area contributed by atoms with Crippen molar-refractivity contribution in [2.24, 2.45) is 0 Å². The molecule has 1 aromatic heterocycles. The van der Waals surface area contributed by atoms with Crippen LogP contribution in [0.2, 0.25) is 5.02 Å². The number of nitrogens with zero attached hydrogens (tertiary/aromatic N) is 1. The molecule has 1 N–H and O–H groups in total. The highest BCUT2D eigenvalue weighted by molar-refractivity contribution is 9.11. The van der Waals surface area contributed by atoms with Crippen molar-refractivity contribution >= 4 is 50.2 Å². The molecule has 1 heterocycles. The van der Waals surface area contributed by atoms with Crippen LogP contribution in [0.4, 0.5) is 15.8 Å². The van der Waals surface area contributed by atoms with Crippen molar-refractivity contribution < 1.29 is 9.31 Å². The molecule has 0 fully saturated rings.